The van der Waals surface area contributed by atoms with Crippen LogP contribution in [0.2, 0.25) is 0 Å². The van der Waals surface area contributed by atoms with Gasteiger partial charge in [0.1, 0.15) is 5.82 Å². The highest BCUT2D eigenvalue weighted by molar-refractivity contribution is 5.80. The fourth-order valence-corrected chi connectivity index (χ4v) is 1.27. The SMILES string of the molecule is Fc1ccccc1C=NNc1ccccc1. The van der Waals surface area contributed by atoms with Crippen molar-refractivity contribution in [1.82, 2.24) is 0 Å². The fraction of sp³-hybridized carbons (Fsp3) is 0. The van der Waals surface area contributed by atoms with Gasteiger partial charge in [0, 0.05) is 5.56 Å². The van der Waals surface area contributed by atoms with Crippen molar-refractivity contribution in [3.8, 4) is 0 Å². The summed E-state index contributed by atoms with van der Waals surface area (Å²) in [5.74, 6) is -0.277. The summed E-state index contributed by atoms with van der Waals surface area (Å²) in [6.45, 7) is 0. The fourth-order valence-electron chi connectivity index (χ4n) is 1.27. The van der Waals surface area contributed by atoms with Gasteiger partial charge in [-0.1, -0.05) is 36.4 Å². The molecular formula is C13H11FN2. The van der Waals surface area contributed by atoms with Crippen LogP contribution >= 0.6 is 0 Å². The number of para-hydroxylation sites is 1. The van der Waals surface area contributed by atoms with Gasteiger partial charge in [0.25, 0.3) is 0 Å². The first-order valence-electron chi connectivity index (χ1n) is 4.95. The number of benzene rings is 2. The van der Waals surface area contributed by atoms with Crippen LogP contribution in [-0.4, -0.2) is 6.21 Å². The van der Waals surface area contributed by atoms with Crippen molar-refractivity contribution >= 4 is 11.9 Å². The number of rotatable bonds is 3. The Bertz CT molecular complexity index is 480. The van der Waals surface area contributed by atoms with E-state index in [4.69, 9.17) is 0 Å². The molecule has 0 spiro atoms. The van der Waals surface area contributed by atoms with Gasteiger partial charge < -0.3 is 0 Å². The van der Waals surface area contributed by atoms with E-state index in [9.17, 15) is 4.39 Å². The lowest BCUT2D eigenvalue weighted by Crippen LogP contribution is -1.92. The smallest absolute Gasteiger partial charge is 0.132 e. The molecule has 0 aliphatic rings. The summed E-state index contributed by atoms with van der Waals surface area (Å²) in [5.41, 5.74) is 4.16. The van der Waals surface area contributed by atoms with Crippen LogP contribution in [0, 0.1) is 5.82 Å². The molecule has 0 unspecified atom stereocenters. The van der Waals surface area contributed by atoms with E-state index in [1.807, 2.05) is 30.3 Å². The monoisotopic (exact) mass is 214 g/mol. The molecule has 0 aliphatic heterocycles. The maximum Gasteiger partial charge on any atom is 0.132 e. The predicted molar refractivity (Wildman–Crippen MR) is 64.1 cm³/mol. The van der Waals surface area contributed by atoms with Crippen molar-refractivity contribution in [1.29, 1.82) is 0 Å². The molecule has 0 amide bonds. The second kappa shape index (κ2) is 5.07. The number of nitrogens with zero attached hydrogens (tertiary/aromatic N) is 1. The summed E-state index contributed by atoms with van der Waals surface area (Å²) in [6, 6.07) is 16.0. The van der Waals surface area contributed by atoms with Gasteiger partial charge in [0.2, 0.25) is 0 Å². The molecule has 0 saturated heterocycles. The first-order chi connectivity index (χ1) is 7.86. The number of nitrogens with one attached hydrogen (secondary N) is 1. The summed E-state index contributed by atoms with van der Waals surface area (Å²) in [4.78, 5) is 0. The van der Waals surface area contributed by atoms with Crippen molar-refractivity contribution in [2.45, 2.75) is 0 Å². The molecule has 2 rings (SSSR count). The second-order valence-electron chi connectivity index (χ2n) is 3.26. The van der Waals surface area contributed by atoms with Crippen molar-refractivity contribution in [3.05, 3.63) is 66.0 Å². The Morgan fingerprint density at radius 1 is 0.938 bits per heavy atom. The van der Waals surface area contributed by atoms with Crippen LogP contribution in [0.4, 0.5) is 10.1 Å². The quantitative estimate of drug-likeness (QED) is 0.615. The number of hydrazone groups is 1. The number of hydrogen-bond acceptors (Lipinski definition) is 2. The Kier molecular flexibility index (Phi) is 3.28. The molecule has 0 atom stereocenters. The van der Waals surface area contributed by atoms with E-state index in [1.165, 1.54) is 12.3 Å². The molecule has 0 aromatic heterocycles. The van der Waals surface area contributed by atoms with Gasteiger partial charge in [0.15, 0.2) is 0 Å². The average molecular weight is 214 g/mol. The molecule has 0 heterocycles. The van der Waals surface area contributed by atoms with E-state index in [1.54, 1.807) is 18.2 Å². The topological polar surface area (TPSA) is 24.4 Å². The zero-order valence-electron chi connectivity index (χ0n) is 8.60. The molecule has 0 saturated carbocycles. The van der Waals surface area contributed by atoms with Crippen LogP contribution < -0.4 is 5.43 Å². The summed E-state index contributed by atoms with van der Waals surface area (Å²) >= 11 is 0. The second-order valence-corrected chi connectivity index (χ2v) is 3.26. The number of anilines is 1. The van der Waals surface area contributed by atoms with Crippen LogP contribution in [0.5, 0.6) is 0 Å². The average Bonchev–Trinajstić information content (AvgIpc) is 2.33. The van der Waals surface area contributed by atoms with E-state index in [2.05, 4.69) is 10.5 Å². The molecule has 3 heteroatoms. The Morgan fingerprint density at radius 3 is 2.38 bits per heavy atom. The van der Waals surface area contributed by atoms with E-state index in [0.717, 1.165) is 5.69 Å². The molecule has 2 aromatic carbocycles. The molecule has 2 aromatic rings. The Hall–Kier alpha value is -2.16. The predicted octanol–water partition coefficient (Wildman–Crippen LogP) is 3.27. The van der Waals surface area contributed by atoms with Crippen LogP contribution in [0.15, 0.2) is 59.7 Å². The van der Waals surface area contributed by atoms with E-state index in [0.29, 0.717) is 5.56 Å². The molecule has 2 nitrogen and oxygen atoms in total. The third-order valence-electron chi connectivity index (χ3n) is 2.08. The van der Waals surface area contributed by atoms with E-state index >= 15 is 0 Å². The number of halogens is 1. The lowest BCUT2D eigenvalue weighted by molar-refractivity contribution is 0.626. The van der Waals surface area contributed by atoms with Crippen molar-refractivity contribution in [2.24, 2.45) is 5.10 Å². The molecular weight excluding hydrogens is 203 g/mol. The highest BCUT2D eigenvalue weighted by atomic mass is 19.1. The summed E-state index contributed by atoms with van der Waals surface area (Å²) in [5, 5.41) is 3.96. The Morgan fingerprint density at radius 2 is 1.62 bits per heavy atom. The lowest BCUT2D eigenvalue weighted by Gasteiger charge is -1.98. The maximum atomic E-state index is 13.2. The minimum atomic E-state index is -0.277. The van der Waals surface area contributed by atoms with Crippen LogP contribution in [0.25, 0.3) is 0 Å². The standard InChI is InChI=1S/C13H11FN2/c14-13-9-5-4-6-11(13)10-15-16-12-7-2-1-3-8-12/h1-10,16H. The molecule has 0 radical (unpaired) electrons. The molecule has 1 N–H and O–H groups in total. The largest absolute Gasteiger partial charge is 0.279 e. The number of hydrogen-bond donors (Lipinski definition) is 1. The molecule has 0 bridgehead atoms. The molecule has 80 valence electrons. The zero-order valence-corrected chi connectivity index (χ0v) is 8.60. The van der Waals surface area contributed by atoms with Gasteiger partial charge >= 0.3 is 0 Å². The van der Waals surface area contributed by atoms with Crippen LogP contribution in [0.1, 0.15) is 5.56 Å². The highest BCUT2D eigenvalue weighted by Crippen LogP contribution is 2.06. The Labute approximate surface area is 93.4 Å². The third kappa shape index (κ3) is 2.67. The lowest BCUT2D eigenvalue weighted by atomic mass is 10.2. The normalized spacial score (nSPS) is 10.6. The van der Waals surface area contributed by atoms with Crippen LogP contribution in [-0.2, 0) is 0 Å². The molecule has 0 fully saturated rings. The van der Waals surface area contributed by atoms with Gasteiger partial charge in [0.05, 0.1) is 11.9 Å². The first-order valence-corrected chi connectivity index (χ1v) is 4.95. The van der Waals surface area contributed by atoms with E-state index < -0.39 is 0 Å². The minimum Gasteiger partial charge on any atom is -0.279 e. The molecule has 0 aliphatic carbocycles. The van der Waals surface area contributed by atoms with Gasteiger partial charge in [-0.3, -0.25) is 5.43 Å². The summed E-state index contributed by atoms with van der Waals surface area (Å²) in [7, 11) is 0. The van der Waals surface area contributed by atoms with Crippen LogP contribution in [0.3, 0.4) is 0 Å². The summed E-state index contributed by atoms with van der Waals surface area (Å²) in [6.07, 6.45) is 1.46. The summed E-state index contributed by atoms with van der Waals surface area (Å²) < 4.78 is 13.2. The maximum absolute atomic E-state index is 13.2. The first kappa shape index (κ1) is 10.4. The minimum absolute atomic E-state index is 0.277. The van der Waals surface area contributed by atoms with Gasteiger partial charge in [-0.05, 0) is 18.2 Å². The third-order valence-corrected chi connectivity index (χ3v) is 2.08. The van der Waals surface area contributed by atoms with Crippen molar-refractivity contribution in [2.75, 3.05) is 5.43 Å². The van der Waals surface area contributed by atoms with Gasteiger partial charge in [-0.15, -0.1) is 0 Å². The van der Waals surface area contributed by atoms with Crippen molar-refractivity contribution < 1.29 is 4.39 Å². The highest BCUT2D eigenvalue weighted by Gasteiger charge is 1.95. The Balaban J connectivity index is 2.03. The van der Waals surface area contributed by atoms with Crippen molar-refractivity contribution in [3.63, 3.8) is 0 Å². The van der Waals surface area contributed by atoms with Gasteiger partial charge in [-0.2, -0.15) is 5.10 Å². The zero-order chi connectivity index (χ0) is 11.2. The van der Waals surface area contributed by atoms with Gasteiger partial charge in [-0.25, -0.2) is 4.39 Å². The molecule has 16 heavy (non-hydrogen) atoms. The van der Waals surface area contributed by atoms with E-state index in [-0.39, 0.29) is 5.82 Å².